The maximum Gasteiger partial charge on any atom is 0.0164 e. The Balaban J connectivity index is 1.83. The van der Waals surface area contributed by atoms with Gasteiger partial charge in [-0.1, -0.05) is 32.6 Å². The van der Waals surface area contributed by atoms with E-state index in [4.69, 9.17) is 0 Å². The first kappa shape index (κ1) is 14.6. The van der Waals surface area contributed by atoms with Crippen LogP contribution in [-0.2, 0) is 6.42 Å². The van der Waals surface area contributed by atoms with E-state index in [1.165, 1.54) is 51.4 Å². The summed E-state index contributed by atoms with van der Waals surface area (Å²) in [5.41, 5.74) is 1.68. The van der Waals surface area contributed by atoms with Crippen molar-refractivity contribution in [3.8, 4) is 0 Å². The summed E-state index contributed by atoms with van der Waals surface area (Å²) in [5, 5.41) is 6.05. The molecule has 0 amide bonds. The topological polar surface area (TPSA) is 12.0 Å². The van der Waals surface area contributed by atoms with Crippen LogP contribution in [-0.4, -0.2) is 13.1 Å². The molecule has 2 aliphatic rings. The van der Waals surface area contributed by atoms with Crippen LogP contribution in [0.15, 0.2) is 11.4 Å². The molecule has 1 aromatic heterocycles. The largest absolute Gasteiger partial charge is 0.316 e. The molecule has 2 aliphatic carbocycles. The van der Waals surface area contributed by atoms with E-state index in [0.29, 0.717) is 6.04 Å². The van der Waals surface area contributed by atoms with E-state index < -0.39 is 0 Å². The van der Waals surface area contributed by atoms with Crippen molar-refractivity contribution in [1.29, 1.82) is 0 Å². The van der Waals surface area contributed by atoms with E-state index in [2.05, 4.69) is 30.7 Å². The van der Waals surface area contributed by atoms with Gasteiger partial charge in [0.25, 0.3) is 0 Å². The van der Waals surface area contributed by atoms with Crippen molar-refractivity contribution in [2.24, 2.45) is 11.8 Å². The standard InChI is InChI=1S/C18H29NS/c1-3-13-7-4-5-8-14(13)18(19-2)16-9-6-10-17-15(16)11-12-20-17/h11-14,16,18-19H,3-10H2,1-2H3. The van der Waals surface area contributed by atoms with Gasteiger partial charge in [-0.15, -0.1) is 11.3 Å². The highest BCUT2D eigenvalue weighted by Crippen LogP contribution is 2.44. The number of aryl methyl sites for hydroxylation is 1. The fourth-order valence-electron chi connectivity index (χ4n) is 4.82. The number of hydrogen-bond acceptors (Lipinski definition) is 2. The Morgan fingerprint density at radius 3 is 2.90 bits per heavy atom. The van der Waals surface area contributed by atoms with E-state index in [1.54, 1.807) is 10.4 Å². The normalized spacial score (nSPS) is 31.8. The molecule has 1 nitrogen and oxygen atoms in total. The summed E-state index contributed by atoms with van der Waals surface area (Å²) in [6.45, 7) is 2.40. The van der Waals surface area contributed by atoms with Crippen molar-refractivity contribution in [2.75, 3.05) is 7.05 Å². The fourth-order valence-corrected chi connectivity index (χ4v) is 5.82. The van der Waals surface area contributed by atoms with Crippen molar-refractivity contribution in [3.05, 3.63) is 21.9 Å². The minimum atomic E-state index is 0.703. The molecule has 3 rings (SSSR count). The fraction of sp³-hybridized carbons (Fsp3) is 0.778. The van der Waals surface area contributed by atoms with Crippen LogP contribution in [0.4, 0.5) is 0 Å². The van der Waals surface area contributed by atoms with E-state index >= 15 is 0 Å². The van der Waals surface area contributed by atoms with Crippen LogP contribution in [0.25, 0.3) is 0 Å². The average Bonchev–Trinajstić information content (AvgIpc) is 2.98. The maximum absolute atomic E-state index is 3.74. The molecule has 2 heteroatoms. The van der Waals surface area contributed by atoms with Gasteiger partial charge in [0.2, 0.25) is 0 Å². The van der Waals surface area contributed by atoms with Gasteiger partial charge < -0.3 is 5.32 Å². The molecule has 4 atom stereocenters. The van der Waals surface area contributed by atoms with Crippen LogP contribution in [0.2, 0.25) is 0 Å². The smallest absolute Gasteiger partial charge is 0.0164 e. The quantitative estimate of drug-likeness (QED) is 0.825. The second-order valence-electron chi connectivity index (χ2n) is 6.73. The monoisotopic (exact) mass is 291 g/mol. The predicted octanol–water partition coefficient (Wildman–Crippen LogP) is 4.97. The molecule has 1 aromatic rings. The molecule has 0 radical (unpaired) electrons. The number of hydrogen-bond donors (Lipinski definition) is 1. The highest BCUT2D eigenvalue weighted by molar-refractivity contribution is 7.10. The molecule has 1 heterocycles. The molecule has 0 aliphatic heterocycles. The Morgan fingerprint density at radius 1 is 1.25 bits per heavy atom. The van der Waals surface area contributed by atoms with Crippen molar-refractivity contribution in [1.82, 2.24) is 5.32 Å². The highest BCUT2D eigenvalue weighted by Gasteiger charge is 2.37. The highest BCUT2D eigenvalue weighted by atomic mass is 32.1. The third kappa shape index (κ3) is 2.69. The second-order valence-corrected chi connectivity index (χ2v) is 7.73. The molecular weight excluding hydrogens is 262 g/mol. The van der Waals surface area contributed by atoms with Gasteiger partial charge in [0, 0.05) is 16.8 Å². The first-order chi connectivity index (χ1) is 9.85. The van der Waals surface area contributed by atoms with Gasteiger partial charge in [-0.3, -0.25) is 0 Å². The summed E-state index contributed by atoms with van der Waals surface area (Å²) in [6.07, 6.45) is 11.3. The van der Waals surface area contributed by atoms with Gasteiger partial charge in [0.05, 0.1) is 0 Å². The van der Waals surface area contributed by atoms with Crippen molar-refractivity contribution < 1.29 is 0 Å². The van der Waals surface area contributed by atoms with Gasteiger partial charge in [-0.05, 0) is 61.6 Å². The Hall–Kier alpha value is -0.340. The summed E-state index contributed by atoms with van der Waals surface area (Å²) in [5.74, 6) is 2.62. The lowest BCUT2D eigenvalue weighted by atomic mass is 9.68. The molecule has 0 bridgehead atoms. The average molecular weight is 292 g/mol. The van der Waals surface area contributed by atoms with Gasteiger partial charge in [0.1, 0.15) is 0 Å². The van der Waals surface area contributed by atoms with Gasteiger partial charge in [-0.25, -0.2) is 0 Å². The Labute approximate surface area is 128 Å². The molecule has 0 spiro atoms. The molecule has 1 fully saturated rings. The van der Waals surface area contributed by atoms with Crippen molar-refractivity contribution in [3.63, 3.8) is 0 Å². The lowest BCUT2D eigenvalue weighted by Gasteiger charge is -2.42. The SMILES string of the molecule is CCC1CCCCC1C(NC)C1CCCc2sccc21. The van der Waals surface area contributed by atoms with Crippen LogP contribution in [0.3, 0.4) is 0 Å². The van der Waals surface area contributed by atoms with Crippen LogP contribution in [0, 0.1) is 11.8 Å². The first-order valence-corrected chi connectivity index (χ1v) is 9.46. The molecule has 112 valence electrons. The van der Waals surface area contributed by atoms with E-state index in [9.17, 15) is 0 Å². The molecule has 0 aromatic carbocycles. The zero-order valence-electron chi connectivity index (χ0n) is 13.0. The number of rotatable bonds is 4. The summed E-state index contributed by atoms with van der Waals surface area (Å²) in [6, 6.07) is 3.12. The minimum absolute atomic E-state index is 0.703. The maximum atomic E-state index is 3.74. The lowest BCUT2D eigenvalue weighted by Crippen LogP contribution is -2.44. The van der Waals surface area contributed by atoms with Gasteiger partial charge in [-0.2, -0.15) is 0 Å². The number of fused-ring (bicyclic) bond motifs is 1. The zero-order valence-corrected chi connectivity index (χ0v) is 13.8. The lowest BCUT2D eigenvalue weighted by molar-refractivity contribution is 0.157. The van der Waals surface area contributed by atoms with Gasteiger partial charge >= 0.3 is 0 Å². The van der Waals surface area contributed by atoms with Crippen LogP contribution in [0.5, 0.6) is 0 Å². The summed E-state index contributed by atoms with van der Waals surface area (Å²) < 4.78 is 0. The Kier molecular flexibility index (Phi) is 4.83. The summed E-state index contributed by atoms with van der Waals surface area (Å²) in [7, 11) is 2.20. The van der Waals surface area contributed by atoms with Gasteiger partial charge in [0.15, 0.2) is 0 Å². The van der Waals surface area contributed by atoms with E-state index in [1.807, 2.05) is 11.3 Å². The summed E-state index contributed by atoms with van der Waals surface area (Å²) >= 11 is 1.98. The molecule has 0 saturated heterocycles. The Morgan fingerprint density at radius 2 is 2.10 bits per heavy atom. The van der Waals surface area contributed by atoms with Crippen molar-refractivity contribution >= 4 is 11.3 Å². The zero-order chi connectivity index (χ0) is 13.9. The van der Waals surface area contributed by atoms with Crippen LogP contribution >= 0.6 is 11.3 Å². The molecular formula is C18H29NS. The molecule has 1 N–H and O–H groups in total. The van der Waals surface area contributed by atoms with E-state index in [-0.39, 0.29) is 0 Å². The predicted molar refractivity (Wildman–Crippen MR) is 88.6 cm³/mol. The van der Waals surface area contributed by atoms with Crippen LogP contribution in [0.1, 0.15) is 68.2 Å². The molecule has 1 saturated carbocycles. The van der Waals surface area contributed by atoms with E-state index in [0.717, 1.165) is 17.8 Å². The Bertz CT molecular complexity index is 425. The van der Waals surface area contributed by atoms with Crippen molar-refractivity contribution in [2.45, 2.75) is 70.3 Å². The second kappa shape index (κ2) is 6.62. The third-order valence-electron chi connectivity index (χ3n) is 5.82. The number of thiophene rings is 1. The third-order valence-corrected chi connectivity index (χ3v) is 6.82. The summed E-state index contributed by atoms with van der Waals surface area (Å²) in [4.78, 5) is 1.67. The number of likely N-dealkylation sites (N-methyl/N-ethyl adjacent to an activating group) is 1. The first-order valence-electron chi connectivity index (χ1n) is 8.58. The molecule has 4 unspecified atom stereocenters. The minimum Gasteiger partial charge on any atom is -0.316 e. The number of nitrogens with one attached hydrogen (secondary N) is 1. The van der Waals surface area contributed by atoms with Crippen LogP contribution < -0.4 is 5.32 Å². The molecule has 20 heavy (non-hydrogen) atoms.